The average molecular weight is 295 g/mol. The number of allylic oxidation sites excluding steroid dienone is 1. The van der Waals surface area contributed by atoms with Crippen LogP contribution in [0.1, 0.15) is 24.0 Å². The van der Waals surface area contributed by atoms with Gasteiger partial charge in [0.1, 0.15) is 12.2 Å². The zero-order valence-electron chi connectivity index (χ0n) is 12.6. The van der Waals surface area contributed by atoms with Crippen molar-refractivity contribution in [3.8, 4) is 0 Å². The third-order valence-electron chi connectivity index (χ3n) is 3.85. The molecule has 0 fully saturated rings. The van der Waals surface area contributed by atoms with Crippen molar-refractivity contribution in [2.75, 3.05) is 16.9 Å². The summed E-state index contributed by atoms with van der Waals surface area (Å²) in [6, 6.07) is 4.25. The molecule has 0 unspecified atom stereocenters. The highest BCUT2D eigenvalue weighted by Gasteiger charge is 2.21. The maximum absolute atomic E-state index is 5.59. The summed E-state index contributed by atoms with van der Waals surface area (Å²) in [5, 5.41) is 5.24. The summed E-state index contributed by atoms with van der Waals surface area (Å²) in [4.78, 5) is 4.16. The standard InChI is InChI=1S/C17H21N5/c1-12-6-8-15-14(5-3-4-10-18)7-9-16(17(15)21-12)22-13(2)19-11-20-22/h6-9,11,21H,1-5,10,18H2,(H,19,20). The molecule has 4 N–H and O–H groups in total. The number of anilines is 2. The lowest BCUT2D eigenvalue weighted by Crippen LogP contribution is -2.31. The van der Waals surface area contributed by atoms with Crippen molar-refractivity contribution in [3.63, 3.8) is 0 Å². The Balaban J connectivity index is 1.98. The van der Waals surface area contributed by atoms with E-state index in [4.69, 9.17) is 5.73 Å². The molecule has 5 nitrogen and oxygen atoms in total. The lowest BCUT2D eigenvalue weighted by Gasteiger charge is -2.27. The molecular weight excluding hydrogens is 274 g/mol. The molecule has 5 heteroatoms. The zero-order valence-corrected chi connectivity index (χ0v) is 12.6. The lowest BCUT2D eigenvalue weighted by molar-refractivity contribution is 0.744. The van der Waals surface area contributed by atoms with Crippen LogP contribution < -0.4 is 21.5 Å². The normalized spacial score (nSPS) is 15.8. The number of unbranched alkanes of at least 4 members (excludes halogenated alkanes) is 1. The minimum Gasteiger partial charge on any atom is -0.354 e. The molecule has 0 aliphatic carbocycles. The van der Waals surface area contributed by atoms with Gasteiger partial charge in [0, 0.05) is 11.3 Å². The van der Waals surface area contributed by atoms with Crippen LogP contribution in [0.4, 0.5) is 11.4 Å². The van der Waals surface area contributed by atoms with E-state index in [1.807, 2.05) is 11.1 Å². The van der Waals surface area contributed by atoms with E-state index in [2.05, 4.69) is 47.1 Å². The fraction of sp³-hybridized carbons (Fsp3) is 0.235. The Hall–Kier alpha value is -2.53. The zero-order chi connectivity index (χ0) is 15.5. The number of rotatable bonds is 5. The van der Waals surface area contributed by atoms with Gasteiger partial charge in [-0.1, -0.05) is 25.3 Å². The van der Waals surface area contributed by atoms with Crippen molar-refractivity contribution in [2.24, 2.45) is 10.7 Å². The Morgan fingerprint density at radius 1 is 1.18 bits per heavy atom. The molecule has 2 aliphatic rings. The fourth-order valence-corrected chi connectivity index (χ4v) is 2.73. The molecule has 1 aromatic rings. The predicted molar refractivity (Wildman–Crippen MR) is 93.5 cm³/mol. The third-order valence-corrected chi connectivity index (χ3v) is 3.85. The third kappa shape index (κ3) is 2.63. The van der Waals surface area contributed by atoms with E-state index in [0.29, 0.717) is 5.82 Å². The number of hydrogen-bond acceptors (Lipinski definition) is 5. The summed E-state index contributed by atoms with van der Waals surface area (Å²) in [6.45, 7) is 8.68. The van der Waals surface area contributed by atoms with Crippen molar-refractivity contribution in [3.05, 3.63) is 54.0 Å². The van der Waals surface area contributed by atoms with Gasteiger partial charge in [0.05, 0.1) is 11.4 Å². The largest absolute Gasteiger partial charge is 0.354 e. The van der Waals surface area contributed by atoms with Gasteiger partial charge in [0.2, 0.25) is 0 Å². The summed E-state index contributed by atoms with van der Waals surface area (Å²) in [6.07, 6.45) is 8.91. The van der Waals surface area contributed by atoms with Crippen LogP contribution in [0.5, 0.6) is 0 Å². The van der Waals surface area contributed by atoms with Crippen LogP contribution in [0.25, 0.3) is 6.08 Å². The number of fused-ring (bicyclic) bond motifs is 1. The predicted octanol–water partition coefficient (Wildman–Crippen LogP) is 2.74. The van der Waals surface area contributed by atoms with Gasteiger partial charge in [-0.2, -0.15) is 0 Å². The monoisotopic (exact) mass is 295 g/mol. The van der Waals surface area contributed by atoms with E-state index in [-0.39, 0.29) is 0 Å². The Labute approximate surface area is 130 Å². The SMILES string of the molecule is C=C1C=Cc2c(CCCCN)ccc(N3NC=NC3=C)c2N1. The highest BCUT2D eigenvalue weighted by atomic mass is 15.6. The number of nitrogens with one attached hydrogen (secondary N) is 2. The number of aliphatic imine (C=N–C) groups is 1. The van der Waals surface area contributed by atoms with Crippen LogP contribution in [0.2, 0.25) is 0 Å². The number of aryl methyl sites for hydroxylation is 1. The van der Waals surface area contributed by atoms with Gasteiger partial charge in [-0.3, -0.25) is 5.43 Å². The Morgan fingerprint density at radius 2 is 2.05 bits per heavy atom. The molecular formula is C17H21N5. The van der Waals surface area contributed by atoms with E-state index in [1.54, 1.807) is 6.34 Å². The summed E-state index contributed by atoms with van der Waals surface area (Å²) in [7, 11) is 0. The first-order valence-corrected chi connectivity index (χ1v) is 7.48. The molecule has 0 atom stereocenters. The second kappa shape index (κ2) is 6.07. The van der Waals surface area contributed by atoms with Crippen LogP contribution in [0.3, 0.4) is 0 Å². The Kier molecular flexibility index (Phi) is 3.98. The molecule has 2 aliphatic heterocycles. The number of nitrogens with zero attached hydrogens (tertiary/aromatic N) is 2. The average Bonchev–Trinajstić information content (AvgIpc) is 2.93. The first-order chi connectivity index (χ1) is 10.7. The second-order valence-corrected chi connectivity index (χ2v) is 5.40. The van der Waals surface area contributed by atoms with Crippen molar-refractivity contribution < 1.29 is 0 Å². The summed E-state index contributed by atoms with van der Waals surface area (Å²) in [5.41, 5.74) is 14.1. The van der Waals surface area contributed by atoms with Crippen molar-refractivity contribution in [1.82, 2.24) is 5.43 Å². The summed E-state index contributed by atoms with van der Waals surface area (Å²) in [5.74, 6) is 0.667. The quantitative estimate of drug-likeness (QED) is 0.731. The molecule has 0 amide bonds. The number of nitrogens with two attached hydrogens (primary N) is 1. The van der Waals surface area contributed by atoms with Crippen LogP contribution in [0, 0.1) is 0 Å². The van der Waals surface area contributed by atoms with Crippen molar-refractivity contribution >= 4 is 23.8 Å². The first kappa shape index (κ1) is 14.4. The lowest BCUT2D eigenvalue weighted by atomic mass is 9.96. The molecule has 3 rings (SSSR count). The molecule has 0 saturated heterocycles. The molecule has 0 radical (unpaired) electrons. The van der Waals surface area contributed by atoms with Gasteiger partial charge in [-0.25, -0.2) is 10.0 Å². The second-order valence-electron chi connectivity index (χ2n) is 5.40. The molecule has 0 spiro atoms. The molecule has 2 heterocycles. The number of benzene rings is 1. The molecule has 0 bridgehead atoms. The van der Waals surface area contributed by atoms with Crippen LogP contribution in [-0.2, 0) is 6.42 Å². The van der Waals surface area contributed by atoms with Gasteiger partial charge in [0.15, 0.2) is 0 Å². The highest BCUT2D eigenvalue weighted by molar-refractivity contribution is 5.88. The van der Waals surface area contributed by atoms with Gasteiger partial charge >= 0.3 is 0 Å². The van der Waals surface area contributed by atoms with Crippen molar-refractivity contribution in [1.29, 1.82) is 0 Å². The van der Waals surface area contributed by atoms with E-state index in [1.165, 1.54) is 11.1 Å². The fourth-order valence-electron chi connectivity index (χ4n) is 2.73. The van der Waals surface area contributed by atoms with Crippen molar-refractivity contribution in [2.45, 2.75) is 19.3 Å². The van der Waals surface area contributed by atoms with Gasteiger partial charge in [0.25, 0.3) is 0 Å². The van der Waals surface area contributed by atoms with Gasteiger partial charge < -0.3 is 11.1 Å². The maximum atomic E-state index is 5.59. The summed E-state index contributed by atoms with van der Waals surface area (Å²) < 4.78 is 0. The maximum Gasteiger partial charge on any atom is 0.146 e. The van der Waals surface area contributed by atoms with E-state index in [9.17, 15) is 0 Å². The molecule has 1 aromatic carbocycles. The Morgan fingerprint density at radius 3 is 2.77 bits per heavy atom. The molecule has 114 valence electrons. The van der Waals surface area contributed by atoms with E-state index >= 15 is 0 Å². The summed E-state index contributed by atoms with van der Waals surface area (Å²) >= 11 is 0. The first-order valence-electron chi connectivity index (χ1n) is 7.48. The van der Waals surface area contributed by atoms with Crippen LogP contribution >= 0.6 is 0 Å². The van der Waals surface area contributed by atoms with E-state index in [0.717, 1.165) is 42.9 Å². The van der Waals surface area contributed by atoms with Crippen LogP contribution in [-0.4, -0.2) is 12.9 Å². The van der Waals surface area contributed by atoms with Crippen LogP contribution in [0.15, 0.2) is 47.9 Å². The highest BCUT2D eigenvalue weighted by Crippen LogP contribution is 2.38. The smallest absolute Gasteiger partial charge is 0.146 e. The minimum absolute atomic E-state index is 0.667. The van der Waals surface area contributed by atoms with Gasteiger partial charge in [-0.15, -0.1) is 0 Å². The minimum atomic E-state index is 0.667. The topological polar surface area (TPSA) is 65.7 Å². The molecule has 22 heavy (non-hydrogen) atoms. The molecule has 0 saturated carbocycles. The Bertz CT molecular complexity index is 672. The number of hydrazine groups is 1. The van der Waals surface area contributed by atoms with Gasteiger partial charge in [-0.05, 0) is 43.5 Å². The van der Waals surface area contributed by atoms with E-state index < -0.39 is 0 Å². The molecule has 0 aromatic heterocycles. The number of hydrogen-bond donors (Lipinski definition) is 3.